The smallest absolute Gasteiger partial charge is 0.360 e. The van der Waals surface area contributed by atoms with Crippen LogP contribution in [0.15, 0.2) is 47.5 Å². The molecule has 1 aromatic rings. The topological polar surface area (TPSA) is 125 Å². The molecule has 0 aromatic heterocycles. The van der Waals surface area contributed by atoms with Crippen molar-refractivity contribution in [3.8, 4) is 0 Å². The summed E-state index contributed by atoms with van der Waals surface area (Å²) in [6.45, 7) is 3.60. The van der Waals surface area contributed by atoms with Gasteiger partial charge in [-0.25, -0.2) is 9.59 Å². The second-order valence-corrected chi connectivity index (χ2v) is 6.18. The zero-order chi connectivity index (χ0) is 18.6. The fraction of sp³-hybridized carbons (Fsp3) is 0.250. The number of hydrogen-bond donors (Lipinski definition) is 3. The number of methoxy groups -OCH3 is 1. The number of nitrogens with one attached hydrogen (secondary N) is 1. The van der Waals surface area contributed by atoms with E-state index in [1.54, 1.807) is 18.2 Å². The molecule has 1 aliphatic heterocycles. The Kier molecular flexibility index (Phi) is 5.60. The van der Waals surface area contributed by atoms with Crippen molar-refractivity contribution < 1.29 is 29.3 Å². The molecule has 2 atom stereocenters. The van der Waals surface area contributed by atoms with E-state index in [1.807, 2.05) is 0 Å². The standard InChI is InChI=1S/C16H16N2O6S/c1-9-8-25-14(17-11(9)13(20)21)16(24-2,15(22)23)18-12(19)10-6-4-3-5-7-10/h3-7,14H,1,8H2,2H3,(H,18,19)(H,20,21)(H,22,23)/t14-,16-/m1/s1. The highest BCUT2D eigenvalue weighted by atomic mass is 32.2. The number of carbonyl (C=O) groups is 3. The number of nitrogens with zero attached hydrogens (tertiary/aromatic N) is 1. The number of carboxylic acids is 2. The second-order valence-electron chi connectivity index (χ2n) is 5.11. The maximum Gasteiger partial charge on any atom is 0.360 e. The van der Waals surface area contributed by atoms with Crippen LogP contribution in [0, 0.1) is 0 Å². The first-order valence-corrected chi connectivity index (χ1v) is 8.13. The molecule has 1 amide bonds. The van der Waals surface area contributed by atoms with E-state index in [1.165, 1.54) is 12.1 Å². The van der Waals surface area contributed by atoms with Crippen LogP contribution in [0.1, 0.15) is 10.4 Å². The summed E-state index contributed by atoms with van der Waals surface area (Å²) in [6.07, 6.45) is 0. The Hall–Kier alpha value is -2.65. The molecule has 0 fully saturated rings. The van der Waals surface area contributed by atoms with Gasteiger partial charge in [-0.3, -0.25) is 9.79 Å². The lowest BCUT2D eigenvalue weighted by Gasteiger charge is -2.35. The van der Waals surface area contributed by atoms with Crippen molar-refractivity contribution in [1.82, 2.24) is 5.32 Å². The number of carboxylic acid groups (broad SMARTS) is 2. The molecule has 25 heavy (non-hydrogen) atoms. The van der Waals surface area contributed by atoms with E-state index in [9.17, 15) is 24.6 Å². The maximum absolute atomic E-state index is 12.4. The molecule has 132 valence electrons. The van der Waals surface area contributed by atoms with Gasteiger partial charge >= 0.3 is 11.9 Å². The Labute approximate surface area is 147 Å². The Balaban J connectivity index is 2.41. The molecule has 0 spiro atoms. The Morgan fingerprint density at radius 3 is 2.48 bits per heavy atom. The number of amides is 1. The van der Waals surface area contributed by atoms with Crippen LogP contribution in [0.5, 0.6) is 0 Å². The van der Waals surface area contributed by atoms with Crippen LogP contribution in [0.2, 0.25) is 0 Å². The highest BCUT2D eigenvalue weighted by Crippen LogP contribution is 2.32. The van der Waals surface area contributed by atoms with Crippen molar-refractivity contribution in [2.75, 3.05) is 12.9 Å². The minimum Gasteiger partial charge on any atom is -0.478 e. The van der Waals surface area contributed by atoms with Gasteiger partial charge in [0.2, 0.25) is 0 Å². The number of carbonyl (C=O) groups excluding carboxylic acids is 1. The number of ether oxygens (including phenoxy) is 1. The third-order valence-electron chi connectivity index (χ3n) is 3.52. The molecule has 8 nitrogen and oxygen atoms in total. The summed E-state index contributed by atoms with van der Waals surface area (Å²) < 4.78 is 5.11. The summed E-state index contributed by atoms with van der Waals surface area (Å²) >= 11 is 1.02. The highest BCUT2D eigenvalue weighted by Gasteiger charge is 2.50. The quantitative estimate of drug-likeness (QED) is 0.643. The minimum absolute atomic E-state index is 0.148. The molecular weight excluding hydrogens is 348 g/mol. The molecular formula is C16H16N2O6S. The monoisotopic (exact) mass is 364 g/mol. The largest absolute Gasteiger partial charge is 0.478 e. The predicted octanol–water partition coefficient (Wildman–Crippen LogP) is 0.998. The number of aliphatic imine (C=N–C) groups is 1. The summed E-state index contributed by atoms with van der Waals surface area (Å²) in [5.74, 6) is -3.34. The Morgan fingerprint density at radius 2 is 1.96 bits per heavy atom. The number of rotatable bonds is 6. The van der Waals surface area contributed by atoms with Gasteiger partial charge in [-0.2, -0.15) is 0 Å². The van der Waals surface area contributed by atoms with Crippen molar-refractivity contribution >= 4 is 35.3 Å². The van der Waals surface area contributed by atoms with Gasteiger partial charge < -0.3 is 20.3 Å². The normalized spacial score (nSPS) is 19.5. The van der Waals surface area contributed by atoms with Crippen LogP contribution < -0.4 is 5.32 Å². The molecule has 9 heteroatoms. The van der Waals surface area contributed by atoms with Gasteiger partial charge in [0.25, 0.3) is 11.6 Å². The van der Waals surface area contributed by atoms with Crippen molar-refractivity contribution in [3.05, 3.63) is 48.0 Å². The van der Waals surface area contributed by atoms with Gasteiger partial charge in [0.15, 0.2) is 5.37 Å². The van der Waals surface area contributed by atoms with Crippen molar-refractivity contribution in [1.29, 1.82) is 0 Å². The van der Waals surface area contributed by atoms with E-state index in [4.69, 9.17) is 4.74 Å². The Morgan fingerprint density at radius 1 is 1.32 bits per heavy atom. The van der Waals surface area contributed by atoms with Crippen molar-refractivity contribution in [2.45, 2.75) is 11.1 Å². The summed E-state index contributed by atoms with van der Waals surface area (Å²) in [4.78, 5) is 39.5. The third kappa shape index (κ3) is 3.72. The average Bonchev–Trinajstić information content (AvgIpc) is 2.60. The molecule has 1 heterocycles. The zero-order valence-corrected chi connectivity index (χ0v) is 14.1. The van der Waals surface area contributed by atoms with Crippen LogP contribution in [-0.4, -0.2) is 57.7 Å². The summed E-state index contributed by atoms with van der Waals surface area (Å²) in [7, 11) is 1.11. The van der Waals surface area contributed by atoms with Gasteiger partial charge in [-0.1, -0.05) is 24.8 Å². The first kappa shape index (κ1) is 18.7. The maximum atomic E-state index is 12.4. The van der Waals surface area contributed by atoms with E-state index in [0.717, 1.165) is 18.9 Å². The molecule has 0 saturated heterocycles. The van der Waals surface area contributed by atoms with Gasteiger partial charge in [0.1, 0.15) is 5.71 Å². The van der Waals surface area contributed by atoms with Gasteiger partial charge in [-0.05, 0) is 17.7 Å². The lowest BCUT2D eigenvalue weighted by molar-refractivity contribution is -0.165. The average molecular weight is 364 g/mol. The molecule has 0 aliphatic carbocycles. The fourth-order valence-electron chi connectivity index (χ4n) is 2.20. The van der Waals surface area contributed by atoms with Crippen LogP contribution in [0.3, 0.4) is 0 Å². The lowest BCUT2D eigenvalue weighted by Crippen LogP contribution is -2.62. The molecule has 0 saturated carbocycles. The van der Waals surface area contributed by atoms with E-state index < -0.39 is 28.9 Å². The highest BCUT2D eigenvalue weighted by molar-refractivity contribution is 8.00. The first-order valence-electron chi connectivity index (χ1n) is 7.08. The first-order chi connectivity index (χ1) is 11.8. The molecule has 0 unspecified atom stereocenters. The predicted molar refractivity (Wildman–Crippen MR) is 91.7 cm³/mol. The molecule has 3 N–H and O–H groups in total. The Bertz CT molecular complexity index is 748. The second kappa shape index (κ2) is 7.49. The van der Waals surface area contributed by atoms with E-state index in [-0.39, 0.29) is 22.6 Å². The number of aliphatic carboxylic acids is 2. The zero-order valence-electron chi connectivity index (χ0n) is 13.3. The lowest BCUT2D eigenvalue weighted by atomic mass is 10.1. The summed E-state index contributed by atoms with van der Waals surface area (Å²) in [5, 5.41) is 20.0. The van der Waals surface area contributed by atoms with Crippen LogP contribution in [-0.2, 0) is 14.3 Å². The molecule has 0 bridgehead atoms. The number of hydrogen-bond acceptors (Lipinski definition) is 6. The fourth-order valence-corrected chi connectivity index (χ4v) is 3.37. The molecule has 1 aromatic carbocycles. The number of benzene rings is 1. The molecule has 1 aliphatic rings. The van der Waals surface area contributed by atoms with Gasteiger partial charge in [-0.15, -0.1) is 11.8 Å². The molecule has 0 radical (unpaired) electrons. The SMILES string of the molecule is C=C1CS[C@H]([C@@](NC(=O)c2ccccc2)(OC)C(=O)O)N=C1C(=O)O. The van der Waals surface area contributed by atoms with Crippen LogP contribution in [0.4, 0.5) is 0 Å². The van der Waals surface area contributed by atoms with E-state index in [0.29, 0.717) is 0 Å². The molecule has 2 rings (SSSR count). The minimum atomic E-state index is -2.22. The number of thioether (sulfide) groups is 1. The summed E-state index contributed by atoms with van der Waals surface area (Å²) in [5.41, 5.74) is -2.06. The van der Waals surface area contributed by atoms with Gasteiger partial charge in [0.05, 0.1) is 0 Å². The van der Waals surface area contributed by atoms with Crippen molar-refractivity contribution in [3.63, 3.8) is 0 Å². The van der Waals surface area contributed by atoms with Crippen LogP contribution in [0.25, 0.3) is 0 Å². The third-order valence-corrected chi connectivity index (χ3v) is 4.79. The van der Waals surface area contributed by atoms with E-state index >= 15 is 0 Å². The van der Waals surface area contributed by atoms with Crippen molar-refractivity contribution in [2.24, 2.45) is 4.99 Å². The van der Waals surface area contributed by atoms with Crippen LogP contribution >= 0.6 is 11.8 Å². The van der Waals surface area contributed by atoms with Gasteiger partial charge in [0, 0.05) is 18.4 Å². The summed E-state index contributed by atoms with van der Waals surface area (Å²) in [6, 6.07) is 8.00. The van der Waals surface area contributed by atoms with E-state index in [2.05, 4.69) is 16.9 Å².